The molecule has 0 aliphatic rings. The van der Waals surface area contributed by atoms with Gasteiger partial charge >= 0.3 is 0 Å². The lowest BCUT2D eigenvalue weighted by atomic mass is 10.1. The SMILES string of the molecule is CCN(CC)C(=O)CNC(=O)c1ccc(CN)cc1. The minimum Gasteiger partial charge on any atom is -0.343 e. The smallest absolute Gasteiger partial charge is 0.251 e. The molecule has 19 heavy (non-hydrogen) atoms. The monoisotopic (exact) mass is 263 g/mol. The van der Waals surface area contributed by atoms with Gasteiger partial charge in [-0.15, -0.1) is 0 Å². The predicted octanol–water partition coefficient (Wildman–Crippen LogP) is 0.743. The van der Waals surface area contributed by atoms with E-state index in [2.05, 4.69) is 5.32 Å². The van der Waals surface area contributed by atoms with Crippen molar-refractivity contribution in [1.29, 1.82) is 0 Å². The molecule has 0 spiro atoms. The number of benzene rings is 1. The summed E-state index contributed by atoms with van der Waals surface area (Å²) < 4.78 is 0. The van der Waals surface area contributed by atoms with E-state index in [1.54, 1.807) is 29.2 Å². The zero-order valence-corrected chi connectivity index (χ0v) is 11.5. The quantitative estimate of drug-likeness (QED) is 0.795. The van der Waals surface area contributed by atoms with Gasteiger partial charge in [0.1, 0.15) is 0 Å². The van der Waals surface area contributed by atoms with Crippen molar-refractivity contribution in [3.05, 3.63) is 35.4 Å². The Bertz CT molecular complexity index is 425. The molecule has 104 valence electrons. The first kappa shape index (κ1) is 15.2. The van der Waals surface area contributed by atoms with Crippen LogP contribution in [0, 0.1) is 0 Å². The van der Waals surface area contributed by atoms with Crippen LogP contribution in [0.25, 0.3) is 0 Å². The van der Waals surface area contributed by atoms with E-state index in [1.807, 2.05) is 13.8 Å². The lowest BCUT2D eigenvalue weighted by molar-refractivity contribution is -0.129. The van der Waals surface area contributed by atoms with E-state index in [0.717, 1.165) is 5.56 Å². The molecule has 0 aliphatic heterocycles. The number of hydrogen-bond donors (Lipinski definition) is 2. The van der Waals surface area contributed by atoms with E-state index in [-0.39, 0.29) is 18.4 Å². The topological polar surface area (TPSA) is 75.4 Å². The van der Waals surface area contributed by atoms with Gasteiger partial charge in [-0.1, -0.05) is 12.1 Å². The lowest BCUT2D eigenvalue weighted by Crippen LogP contribution is -2.39. The Labute approximate surface area is 113 Å². The zero-order chi connectivity index (χ0) is 14.3. The first-order valence-corrected chi connectivity index (χ1v) is 6.47. The van der Waals surface area contributed by atoms with Crippen molar-refractivity contribution < 1.29 is 9.59 Å². The predicted molar refractivity (Wildman–Crippen MR) is 74.6 cm³/mol. The Morgan fingerprint density at radius 1 is 1.16 bits per heavy atom. The first-order chi connectivity index (χ1) is 9.12. The number of nitrogens with two attached hydrogens (primary N) is 1. The normalized spacial score (nSPS) is 10.1. The van der Waals surface area contributed by atoms with Gasteiger partial charge in [-0.3, -0.25) is 9.59 Å². The third-order valence-electron chi connectivity index (χ3n) is 2.97. The maximum absolute atomic E-state index is 11.8. The summed E-state index contributed by atoms with van der Waals surface area (Å²) in [5.41, 5.74) is 6.99. The van der Waals surface area contributed by atoms with Crippen molar-refractivity contribution >= 4 is 11.8 Å². The molecule has 0 atom stereocenters. The second kappa shape index (κ2) is 7.53. The van der Waals surface area contributed by atoms with Crippen molar-refractivity contribution in [2.24, 2.45) is 5.73 Å². The standard InChI is InChI=1S/C14H21N3O2/c1-3-17(4-2)13(18)10-16-14(19)12-7-5-11(9-15)6-8-12/h5-8H,3-4,9-10,15H2,1-2H3,(H,16,19). The van der Waals surface area contributed by atoms with Crippen molar-refractivity contribution in [3.8, 4) is 0 Å². The fraction of sp³-hybridized carbons (Fsp3) is 0.429. The average Bonchev–Trinajstić information content (AvgIpc) is 2.46. The minimum atomic E-state index is -0.246. The highest BCUT2D eigenvalue weighted by Crippen LogP contribution is 2.03. The van der Waals surface area contributed by atoms with Gasteiger partial charge in [-0.25, -0.2) is 0 Å². The molecule has 1 rings (SSSR count). The van der Waals surface area contributed by atoms with E-state index in [4.69, 9.17) is 5.73 Å². The van der Waals surface area contributed by atoms with Crippen molar-refractivity contribution in [3.63, 3.8) is 0 Å². The van der Waals surface area contributed by atoms with E-state index in [9.17, 15) is 9.59 Å². The molecular formula is C14H21N3O2. The lowest BCUT2D eigenvalue weighted by Gasteiger charge is -2.18. The van der Waals surface area contributed by atoms with Gasteiger partial charge in [0.15, 0.2) is 0 Å². The van der Waals surface area contributed by atoms with Gasteiger partial charge in [0.2, 0.25) is 5.91 Å². The van der Waals surface area contributed by atoms with Crippen LogP contribution in [-0.2, 0) is 11.3 Å². The molecule has 1 aromatic rings. The molecule has 0 unspecified atom stereocenters. The number of likely N-dealkylation sites (N-methyl/N-ethyl adjacent to an activating group) is 1. The molecule has 3 N–H and O–H groups in total. The van der Waals surface area contributed by atoms with E-state index in [0.29, 0.717) is 25.2 Å². The van der Waals surface area contributed by atoms with Crippen LogP contribution in [0.2, 0.25) is 0 Å². The van der Waals surface area contributed by atoms with Gasteiger partial charge in [0.25, 0.3) is 5.91 Å². The Morgan fingerprint density at radius 3 is 2.21 bits per heavy atom. The highest BCUT2D eigenvalue weighted by molar-refractivity contribution is 5.96. The van der Waals surface area contributed by atoms with Crippen LogP contribution in [0.1, 0.15) is 29.8 Å². The Hall–Kier alpha value is -1.88. The molecular weight excluding hydrogens is 242 g/mol. The molecule has 0 aliphatic carbocycles. The van der Waals surface area contributed by atoms with Crippen molar-refractivity contribution in [2.75, 3.05) is 19.6 Å². The van der Waals surface area contributed by atoms with E-state index < -0.39 is 0 Å². The highest BCUT2D eigenvalue weighted by Gasteiger charge is 2.11. The fourth-order valence-corrected chi connectivity index (χ4v) is 1.74. The van der Waals surface area contributed by atoms with Crippen LogP contribution in [0.15, 0.2) is 24.3 Å². The molecule has 0 saturated carbocycles. The third-order valence-corrected chi connectivity index (χ3v) is 2.97. The third kappa shape index (κ3) is 4.37. The average molecular weight is 263 g/mol. The summed E-state index contributed by atoms with van der Waals surface area (Å²) >= 11 is 0. The fourth-order valence-electron chi connectivity index (χ4n) is 1.74. The number of rotatable bonds is 6. The number of carbonyl (C=O) groups excluding carboxylic acids is 2. The first-order valence-electron chi connectivity index (χ1n) is 6.47. The van der Waals surface area contributed by atoms with Crippen molar-refractivity contribution in [2.45, 2.75) is 20.4 Å². The number of carbonyl (C=O) groups is 2. The minimum absolute atomic E-state index is 0.0269. The van der Waals surface area contributed by atoms with Gasteiger partial charge in [-0.2, -0.15) is 0 Å². The summed E-state index contributed by atoms with van der Waals surface area (Å²) in [6.45, 7) is 5.60. The molecule has 1 aromatic carbocycles. The zero-order valence-electron chi connectivity index (χ0n) is 11.5. The number of nitrogens with one attached hydrogen (secondary N) is 1. The molecule has 0 saturated heterocycles. The molecule has 0 fully saturated rings. The van der Waals surface area contributed by atoms with Gasteiger partial charge < -0.3 is 16.0 Å². The summed E-state index contributed by atoms with van der Waals surface area (Å²) in [6.07, 6.45) is 0. The Morgan fingerprint density at radius 2 is 1.74 bits per heavy atom. The number of hydrogen-bond acceptors (Lipinski definition) is 3. The van der Waals surface area contributed by atoms with E-state index >= 15 is 0 Å². The molecule has 0 radical (unpaired) electrons. The molecule has 5 nitrogen and oxygen atoms in total. The maximum atomic E-state index is 11.8. The van der Waals surface area contributed by atoms with Crippen LogP contribution in [0.4, 0.5) is 0 Å². The molecule has 0 bridgehead atoms. The van der Waals surface area contributed by atoms with Crippen LogP contribution in [0.5, 0.6) is 0 Å². The Kier molecular flexibility index (Phi) is 6.02. The summed E-state index contributed by atoms with van der Waals surface area (Å²) in [5, 5.41) is 2.62. The van der Waals surface area contributed by atoms with Gasteiger partial charge in [-0.05, 0) is 31.5 Å². The molecule has 2 amide bonds. The second-order valence-corrected chi connectivity index (χ2v) is 4.15. The second-order valence-electron chi connectivity index (χ2n) is 4.15. The summed E-state index contributed by atoms with van der Waals surface area (Å²) in [5.74, 6) is -0.319. The van der Waals surface area contributed by atoms with Crippen LogP contribution < -0.4 is 11.1 Å². The Balaban J connectivity index is 2.52. The number of nitrogens with zero attached hydrogens (tertiary/aromatic N) is 1. The van der Waals surface area contributed by atoms with Crippen molar-refractivity contribution in [1.82, 2.24) is 10.2 Å². The largest absolute Gasteiger partial charge is 0.343 e. The highest BCUT2D eigenvalue weighted by atomic mass is 16.2. The summed E-state index contributed by atoms with van der Waals surface area (Å²) in [4.78, 5) is 25.2. The molecule has 5 heteroatoms. The van der Waals surface area contributed by atoms with Gasteiger partial charge in [0.05, 0.1) is 6.54 Å². The van der Waals surface area contributed by atoms with E-state index in [1.165, 1.54) is 0 Å². The summed E-state index contributed by atoms with van der Waals surface area (Å²) in [7, 11) is 0. The maximum Gasteiger partial charge on any atom is 0.251 e. The van der Waals surface area contributed by atoms with Crippen LogP contribution in [-0.4, -0.2) is 36.3 Å². The molecule has 0 aromatic heterocycles. The molecule has 0 heterocycles. The summed E-state index contributed by atoms with van der Waals surface area (Å²) in [6, 6.07) is 7.03. The van der Waals surface area contributed by atoms with Crippen LogP contribution >= 0.6 is 0 Å². The van der Waals surface area contributed by atoms with Crippen LogP contribution in [0.3, 0.4) is 0 Å². The number of amides is 2. The van der Waals surface area contributed by atoms with Gasteiger partial charge in [0, 0.05) is 25.2 Å².